The SMILES string of the molecule is COC(C)(C)C(=O)Nc1cc(Cl)ccc1C(=O)O. The average molecular weight is 272 g/mol. The first-order valence-corrected chi connectivity index (χ1v) is 5.55. The summed E-state index contributed by atoms with van der Waals surface area (Å²) < 4.78 is 5.01. The van der Waals surface area contributed by atoms with Crippen LogP contribution in [-0.4, -0.2) is 29.7 Å². The molecule has 0 aliphatic rings. The zero-order valence-corrected chi connectivity index (χ0v) is 11.0. The van der Waals surface area contributed by atoms with Crippen LogP contribution in [0, 0.1) is 0 Å². The van der Waals surface area contributed by atoms with Gasteiger partial charge in [0.1, 0.15) is 5.60 Å². The molecule has 0 saturated carbocycles. The van der Waals surface area contributed by atoms with Crippen LogP contribution in [0.3, 0.4) is 0 Å². The van der Waals surface area contributed by atoms with E-state index in [0.717, 1.165) is 0 Å². The number of nitrogens with one attached hydrogen (secondary N) is 1. The number of carboxylic acids is 1. The fourth-order valence-electron chi connectivity index (χ4n) is 1.17. The van der Waals surface area contributed by atoms with E-state index in [-0.39, 0.29) is 11.3 Å². The zero-order valence-electron chi connectivity index (χ0n) is 10.3. The van der Waals surface area contributed by atoms with E-state index in [1.165, 1.54) is 25.3 Å². The summed E-state index contributed by atoms with van der Waals surface area (Å²) in [5.41, 5.74) is -0.942. The van der Waals surface area contributed by atoms with Crippen molar-refractivity contribution < 1.29 is 19.4 Å². The lowest BCUT2D eigenvalue weighted by atomic mass is 10.1. The smallest absolute Gasteiger partial charge is 0.337 e. The molecule has 5 nitrogen and oxygen atoms in total. The second-order valence-corrected chi connectivity index (χ2v) is 4.60. The molecule has 2 N–H and O–H groups in total. The number of carboxylic acid groups (broad SMARTS) is 1. The summed E-state index contributed by atoms with van der Waals surface area (Å²) in [4.78, 5) is 22.9. The lowest BCUT2D eigenvalue weighted by Crippen LogP contribution is -2.39. The number of amides is 1. The number of aromatic carboxylic acids is 1. The number of halogens is 1. The predicted molar refractivity (Wildman–Crippen MR) is 68.1 cm³/mol. The van der Waals surface area contributed by atoms with Gasteiger partial charge in [0, 0.05) is 12.1 Å². The van der Waals surface area contributed by atoms with Crippen molar-refractivity contribution in [2.45, 2.75) is 19.4 Å². The topological polar surface area (TPSA) is 75.6 Å². The van der Waals surface area contributed by atoms with Crippen molar-refractivity contribution in [1.29, 1.82) is 0 Å². The number of carbonyl (C=O) groups excluding carboxylic acids is 1. The Morgan fingerprint density at radius 1 is 1.39 bits per heavy atom. The average Bonchev–Trinajstić information content (AvgIpc) is 2.28. The van der Waals surface area contributed by atoms with E-state index in [0.29, 0.717) is 5.02 Å². The molecule has 98 valence electrons. The van der Waals surface area contributed by atoms with Crippen LogP contribution in [0.2, 0.25) is 5.02 Å². The molecule has 0 unspecified atom stereocenters. The third-order valence-electron chi connectivity index (χ3n) is 2.52. The molecule has 0 aliphatic carbocycles. The van der Waals surface area contributed by atoms with E-state index < -0.39 is 17.5 Å². The van der Waals surface area contributed by atoms with Gasteiger partial charge in [-0.2, -0.15) is 0 Å². The van der Waals surface area contributed by atoms with Crippen LogP contribution in [0.15, 0.2) is 18.2 Å². The highest BCUT2D eigenvalue weighted by Gasteiger charge is 2.28. The maximum absolute atomic E-state index is 11.9. The molecule has 0 bridgehead atoms. The second-order valence-electron chi connectivity index (χ2n) is 4.16. The van der Waals surface area contributed by atoms with E-state index in [1.807, 2.05) is 0 Å². The van der Waals surface area contributed by atoms with Gasteiger partial charge in [-0.1, -0.05) is 11.6 Å². The van der Waals surface area contributed by atoms with Crippen LogP contribution in [0.4, 0.5) is 5.69 Å². The Morgan fingerprint density at radius 3 is 2.50 bits per heavy atom. The third-order valence-corrected chi connectivity index (χ3v) is 2.75. The summed E-state index contributed by atoms with van der Waals surface area (Å²) >= 11 is 5.78. The predicted octanol–water partition coefficient (Wildman–Crippen LogP) is 2.40. The van der Waals surface area contributed by atoms with Gasteiger partial charge in [0.2, 0.25) is 0 Å². The van der Waals surface area contributed by atoms with Gasteiger partial charge in [-0.3, -0.25) is 4.79 Å². The minimum absolute atomic E-state index is 0.0281. The Kier molecular flexibility index (Phi) is 4.32. The highest BCUT2D eigenvalue weighted by atomic mass is 35.5. The molecule has 0 fully saturated rings. The highest BCUT2D eigenvalue weighted by Crippen LogP contribution is 2.22. The molecule has 0 aliphatic heterocycles. The number of hydrogen-bond acceptors (Lipinski definition) is 3. The molecule has 18 heavy (non-hydrogen) atoms. The Hall–Kier alpha value is -1.59. The van der Waals surface area contributed by atoms with Crippen molar-refractivity contribution in [3.63, 3.8) is 0 Å². The van der Waals surface area contributed by atoms with Gasteiger partial charge >= 0.3 is 5.97 Å². The first-order chi connectivity index (χ1) is 8.27. The number of ether oxygens (including phenoxy) is 1. The summed E-state index contributed by atoms with van der Waals surface area (Å²) in [5.74, 6) is -1.59. The van der Waals surface area contributed by atoms with Gasteiger partial charge < -0.3 is 15.2 Å². The molecular formula is C12H14ClNO4. The van der Waals surface area contributed by atoms with Crippen molar-refractivity contribution in [2.24, 2.45) is 0 Å². The number of carbonyl (C=O) groups is 2. The Morgan fingerprint density at radius 2 is 2.00 bits per heavy atom. The maximum Gasteiger partial charge on any atom is 0.337 e. The summed E-state index contributed by atoms with van der Waals surface area (Å²) in [6, 6.07) is 4.16. The van der Waals surface area contributed by atoms with E-state index in [1.54, 1.807) is 13.8 Å². The lowest BCUT2D eigenvalue weighted by Gasteiger charge is -2.22. The molecule has 0 heterocycles. The number of anilines is 1. The number of hydrogen-bond donors (Lipinski definition) is 2. The first kappa shape index (κ1) is 14.5. The Labute approximate surface area is 110 Å². The van der Waals surface area contributed by atoms with E-state index in [9.17, 15) is 9.59 Å². The van der Waals surface area contributed by atoms with E-state index in [2.05, 4.69) is 5.32 Å². The van der Waals surface area contributed by atoms with Gasteiger partial charge in [0.15, 0.2) is 0 Å². The Bertz CT molecular complexity index is 485. The minimum Gasteiger partial charge on any atom is -0.478 e. The molecule has 0 atom stereocenters. The monoisotopic (exact) mass is 271 g/mol. The molecule has 1 aromatic carbocycles. The largest absolute Gasteiger partial charge is 0.478 e. The van der Waals surface area contributed by atoms with Crippen LogP contribution in [0.1, 0.15) is 24.2 Å². The quantitative estimate of drug-likeness (QED) is 0.882. The summed E-state index contributed by atoms with van der Waals surface area (Å²) in [7, 11) is 1.40. The zero-order chi connectivity index (χ0) is 13.9. The number of methoxy groups -OCH3 is 1. The third kappa shape index (κ3) is 3.21. The van der Waals surface area contributed by atoms with Crippen molar-refractivity contribution in [2.75, 3.05) is 12.4 Å². The van der Waals surface area contributed by atoms with Gasteiger partial charge in [-0.15, -0.1) is 0 Å². The molecular weight excluding hydrogens is 258 g/mol. The number of rotatable bonds is 4. The van der Waals surface area contributed by atoms with Gasteiger partial charge in [0.05, 0.1) is 11.3 Å². The molecule has 1 amide bonds. The molecule has 0 aromatic heterocycles. The summed E-state index contributed by atoms with van der Waals surface area (Å²) in [6.07, 6.45) is 0. The normalized spacial score (nSPS) is 11.1. The Balaban J connectivity index is 3.07. The van der Waals surface area contributed by atoms with Crippen molar-refractivity contribution in [3.05, 3.63) is 28.8 Å². The fraction of sp³-hybridized carbons (Fsp3) is 0.333. The maximum atomic E-state index is 11.9. The first-order valence-electron chi connectivity index (χ1n) is 5.17. The van der Waals surface area contributed by atoms with Crippen LogP contribution in [0.5, 0.6) is 0 Å². The summed E-state index contributed by atoms with van der Waals surface area (Å²) in [5, 5.41) is 11.8. The van der Waals surface area contributed by atoms with Gasteiger partial charge in [-0.05, 0) is 32.0 Å². The van der Waals surface area contributed by atoms with Crippen molar-refractivity contribution in [1.82, 2.24) is 0 Å². The van der Waals surface area contributed by atoms with Crippen LogP contribution < -0.4 is 5.32 Å². The molecule has 1 rings (SSSR count). The van der Waals surface area contributed by atoms with Crippen molar-refractivity contribution in [3.8, 4) is 0 Å². The fourth-order valence-corrected chi connectivity index (χ4v) is 1.34. The molecule has 0 saturated heterocycles. The molecule has 0 radical (unpaired) electrons. The van der Waals surface area contributed by atoms with E-state index in [4.69, 9.17) is 21.4 Å². The van der Waals surface area contributed by atoms with E-state index >= 15 is 0 Å². The summed E-state index contributed by atoms with van der Waals surface area (Å²) in [6.45, 7) is 3.15. The molecule has 0 spiro atoms. The van der Waals surface area contributed by atoms with Crippen LogP contribution in [-0.2, 0) is 9.53 Å². The van der Waals surface area contributed by atoms with Crippen LogP contribution >= 0.6 is 11.6 Å². The molecule has 6 heteroatoms. The van der Waals surface area contributed by atoms with Crippen molar-refractivity contribution >= 4 is 29.2 Å². The van der Waals surface area contributed by atoms with Crippen LogP contribution in [0.25, 0.3) is 0 Å². The van der Waals surface area contributed by atoms with Gasteiger partial charge in [0.25, 0.3) is 5.91 Å². The lowest BCUT2D eigenvalue weighted by molar-refractivity contribution is -0.133. The van der Waals surface area contributed by atoms with Gasteiger partial charge in [-0.25, -0.2) is 4.79 Å². The standard InChI is InChI=1S/C12H14ClNO4/c1-12(2,18-3)11(17)14-9-6-7(13)4-5-8(9)10(15)16/h4-6H,1-3H3,(H,14,17)(H,15,16). The second kappa shape index (κ2) is 5.37. The number of benzene rings is 1. The highest BCUT2D eigenvalue weighted by molar-refractivity contribution is 6.31. The molecule has 1 aromatic rings. The minimum atomic E-state index is -1.14.